The summed E-state index contributed by atoms with van der Waals surface area (Å²) in [5, 5.41) is -0.250. The van der Waals surface area contributed by atoms with E-state index in [1.165, 1.54) is 0 Å². The van der Waals surface area contributed by atoms with Crippen LogP contribution in [-0.4, -0.2) is 16.9 Å². The summed E-state index contributed by atoms with van der Waals surface area (Å²) < 4.78 is 41.7. The molecule has 18 heavy (non-hydrogen) atoms. The molecule has 96 valence electrons. The number of halogens is 4. The molecule has 4 nitrogen and oxygen atoms in total. The van der Waals surface area contributed by atoms with Gasteiger partial charge in [-0.25, -0.2) is 4.98 Å². The molecule has 2 heterocycles. The van der Waals surface area contributed by atoms with Gasteiger partial charge in [-0.05, 0) is 6.07 Å². The van der Waals surface area contributed by atoms with Gasteiger partial charge in [0.1, 0.15) is 5.15 Å². The lowest BCUT2D eigenvalue weighted by molar-refractivity contribution is -0.152. The Morgan fingerprint density at radius 1 is 1.39 bits per heavy atom. The van der Waals surface area contributed by atoms with E-state index in [0.717, 1.165) is 0 Å². The number of cyclic esters (lactones) is 2. The molecule has 1 aliphatic heterocycles. The third-order valence-electron chi connectivity index (χ3n) is 2.44. The van der Waals surface area contributed by atoms with Crippen LogP contribution < -0.4 is 0 Å². The fourth-order valence-electron chi connectivity index (χ4n) is 1.58. The van der Waals surface area contributed by atoms with Gasteiger partial charge in [-0.15, -0.1) is 0 Å². The molecule has 1 fully saturated rings. The minimum absolute atomic E-state index is 0.151. The van der Waals surface area contributed by atoms with Crippen LogP contribution in [0.5, 0.6) is 0 Å². The number of rotatable bonds is 1. The number of hydrogen-bond acceptors (Lipinski definition) is 4. The Kier molecular flexibility index (Phi) is 3.02. The van der Waals surface area contributed by atoms with Crippen LogP contribution >= 0.6 is 11.6 Å². The standard InChI is InChI=1S/C10H5ClF3NO3/c11-8-5(6-2-7(16)18-9(6)17)1-4(3-15-8)10(12,13)14/h1,3,6H,2H2. The molecule has 1 unspecified atom stereocenters. The first-order valence-corrected chi connectivity index (χ1v) is 5.14. The molecule has 1 aliphatic rings. The molecule has 1 aromatic rings. The summed E-state index contributed by atoms with van der Waals surface area (Å²) >= 11 is 5.64. The van der Waals surface area contributed by atoms with Gasteiger partial charge in [0.05, 0.1) is 17.9 Å². The summed E-state index contributed by atoms with van der Waals surface area (Å²) in [4.78, 5) is 25.6. The van der Waals surface area contributed by atoms with E-state index in [-0.39, 0.29) is 17.1 Å². The zero-order valence-electron chi connectivity index (χ0n) is 8.62. The lowest BCUT2D eigenvalue weighted by Gasteiger charge is -2.11. The van der Waals surface area contributed by atoms with E-state index >= 15 is 0 Å². The van der Waals surface area contributed by atoms with Crippen LogP contribution in [0.25, 0.3) is 0 Å². The van der Waals surface area contributed by atoms with Gasteiger partial charge in [0.2, 0.25) is 0 Å². The van der Waals surface area contributed by atoms with E-state index in [1.54, 1.807) is 0 Å². The molecule has 0 aromatic carbocycles. The first kappa shape index (κ1) is 12.8. The van der Waals surface area contributed by atoms with E-state index < -0.39 is 29.6 Å². The van der Waals surface area contributed by atoms with Gasteiger partial charge in [-0.1, -0.05) is 11.6 Å². The minimum Gasteiger partial charge on any atom is -0.393 e. The highest BCUT2D eigenvalue weighted by Crippen LogP contribution is 2.36. The first-order valence-electron chi connectivity index (χ1n) is 4.76. The van der Waals surface area contributed by atoms with Gasteiger partial charge >= 0.3 is 18.1 Å². The van der Waals surface area contributed by atoms with Crippen molar-refractivity contribution < 1.29 is 27.5 Å². The van der Waals surface area contributed by atoms with Gasteiger partial charge in [0.15, 0.2) is 0 Å². The van der Waals surface area contributed by atoms with E-state index in [4.69, 9.17) is 11.6 Å². The van der Waals surface area contributed by atoms with Crippen LogP contribution in [0, 0.1) is 0 Å². The molecule has 0 amide bonds. The Morgan fingerprint density at radius 2 is 2.06 bits per heavy atom. The van der Waals surface area contributed by atoms with Gasteiger partial charge in [-0.3, -0.25) is 9.59 Å². The molecule has 1 atom stereocenters. The number of esters is 2. The normalized spacial score (nSPS) is 20.1. The van der Waals surface area contributed by atoms with E-state index in [1.807, 2.05) is 0 Å². The molecule has 1 aromatic heterocycles. The van der Waals surface area contributed by atoms with Crippen molar-refractivity contribution in [3.05, 3.63) is 28.5 Å². The van der Waals surface area contributed by atoms with Crippen LogP contribution in [0.15, 0.2) is 12.3 Å². The summed E-state index contributed by atoms with van der Waals surface area (Å²) in [7, 11) is 0. The zero-order chi connectivity index (χ0) is 13.5. The maximum absolute atomic E-state index is 12.5. The van der Waals surface area contributed by atoms with E-state index in [9.17, 15) is 22.8 Å². The molecular formula is C10H5ClF3NO3. The van der Waals surface area contributed by atoms with Crippen molar-refractivity contribution >= 4 is 23.5 Å². The highest BCUT2D eigenvalue weighted by molar-refractivity contribution is 6.30. The Labute approximate surface area is 104 Å². The third-order valence-corrected chi connectivity index (χ3v) is 2.75. The van der Waals surface area contributed by atoms with Crippen molar-refractivity contribution in [1.29, 1.82) is 0 Å². The SMILES string of the molecule is O=C1CC(c2cc(C(F)(F)F)cnc2Cl)C(=O)O1. The number of pyridine rings is 1. The van der Waals surface area contributed by atoms with E-state index in [0.29, 0.717) is 12.3 Å². The van der Waals surface area contributed by atoms with Crippen LogP contribution in [0.2, 0.25) is 5.15 Å². The van der Waals surface area contributed by atoms with Crippen molar-refractivity contribution in [3.63, 3.8) is 0 Å². The Bertz CT molecular complexity index is 530. The molecule has 2 rings (SSSR count). The van der Waals surface area contributed by atoms with Crippen molar-refractivity contribution in [1.82, 2.24) is 4.98 Å². The number of carbonyl (C=O) groups excluding carboxylic acids is 2. The van der Waals surface area contributed by atoms with Gasteiger partial charge in [-0.2, -0.15) is 13.2 Å². The molecule has 0 saturated carbocycles. The van der Waals surface area contributed by atoms with Crippen LogP contribution in [0.3, 0.4) is 0 Å². The first-order chi connectivity index (χ1) is 8.29. The minimum atomic E-state index is -4.60. The largest absolute Gasteiger partial charge is 0.417 e. The van der Waals surface area contributed by atoms with Crippen LogP contribution in [-0.2, 0) is 20.5 Å². The lowest BCUT2D eigenvalue weighted by Crippen LogP contribution is -2.11. The number of hydrogen-bond donors (Lipinski definition) is 0. The Balaban J connectivity index is 2.44. The second-order valence-corrected chi connectivity index (χ2v) is 4.01. The maximum atomic E-state index is 12.5. The topological polar surface area (TPSA) is 56.3 Å². The number of aromatic nitrogens is 1. The molecular weight excluding hydrogens is 275 g/mol. The van der Waals surface area contributed by atoms with Crippen molar-refractivity contribution in [2.45, 2.75) is 18.5 Å². The summed E-state index contributed by atoms with van der Waals surface area (Å²) in [5.74, 6) is -2.83. The van der Waals surface area contributed by atoms with Crippen molar-refractivity contribution in [3.8, 4) is 0 Å². The Hall–Kier alpha value is -1.63. The summed E-state index contributed by atoms with van der Waals surface area (Å²) in [6, 6.07) is 0.708. The summed E-state index contributed by atoms with van der Waals surface area (Å²) in [5.41, 5.74) is -1.18. The van der Waals surface area contributed by atoms with Crippen molar-refractivity contribution in [2.75, 3.05) is 0 Å². The summed E-state index contributed by atoms with van der Waals surface area (Å²) in [6.07, 6.45) is -4.37. The molecule has 0 aliphatic carbocycles. The lowest BCUT2D eigenvalue weighted by atomic mass is 9.98. The molecule has 0 radical (unpaired) electrons. The fourth-order valence-corrected chi connectivity index (χ4v) is 1.81. The molecule has 0 spiro atoms. The zero-order valence-corrected chi connectivity index (χ0v) is 9.38. The number of alkyl halides is 3. The second-order valence-electron chi connectivity index (χ2n) is 3.65. The highest BCUT2D eigenvalue weighted by atomic mass is 35.5. The fraction of sp³-hybridized carbons (Fsp3) is 0.300. The average Bonchev–Trinajstić information content (AvgIpc) is 2.56. The molecule has 0 bridgehead atoms. The van der Waals surface area contributed by atoms with E-state index in [2.05, 4.69) is 9.72 Å². The highest BCUT2D eigenvalue weighted by Gasteiger charge is 2.38. The molecule has 8 heteroatoms. The van der Waals surface area contributed by atoms with Crippen molar-refractivity contribution in [2.24, 2.45) is 0 Å². The monoisotopic (exact) mass is 279 g/mol. The Morgan fingerprint density at radius 3 is 2.56 bits per heavy atom. The van der Waals surface area contributed by atoms with Gasteiger partial charge < -0.3 is 4.74 Å². The third kappa shape index (κ3) is 2.31. The van der Waals surface area contributed by atoms with Gasteiger partial charge in [0.25, 0.3) is 0 Å². The number of carbonyl (C=O) groups is 2. The molecule has 1 saturated heterocycles. The van der Waals surface area contributed by atoms with Crippen LogP contribution in [0.1, 0.15) is 23.5 Å². The predicted molar refractivity (Wildman–Crippen MR) is 52.7 cm³/mol. The maximum Gasteiger partial charge on any atom is 0.417 e. The molecule has 0 N–H and O–H groups in total. The quantitative estimate of drug-likeness (QED) is 0.450. The van der Waals surface area contributed by atoms with Crippen LogP contribution in [0.4, 0.5) is 13.2 Å². The predicted octanol–water partition coefficient (Wildman–Crippen LogP) is 2.31. The van der Waals surface area contributed by atoms with Gasteiger partial charge in [0, 0.05) is 11.8 Å². The average molecular weight is 280 g/mol. The summed E-state index contributed by atoms with van der Waals surface area (Å²) in [6.45, 7) is 0. The smallest absolute Gasteiger partial charge is 0.393 e. The second kappa shape index (κ2) is 4.24. The number of ether oxygens (including phenoxy) is 1. The number of nitrogens with zero attached hydrogens (tertiary/aromatic N) is 1.